The highest BCUT2D eigenvalue weighted by molar-refractivity contribution is 5.71. The molecule has 0 saturated heterocycles. The van der Waals surface area contributed by atoms with Crippen LogP contribution in [0.2, 0.25) is 0 Å². The Morgan fingerprint density at radius 2 is 2.23 bits per heavy atom. The summed E-state index contributed by atoms with van der Waals surface area (Å²) in [6.45, 7) is 0. The minimum atomic E-state index is -0.545. The van der Waals surface area contributed by atoms with E-state index in [0.717, 1.165) is 12.8 Å². The molecule has 1 rings (SSSR count). The van der Waals surface area contributed by atoms with Crippen molar-refractivity contribution in [1.82, 2.24) is 0 Å². The van der Waals surface area contributed by atoms with E-state index in [9.17, 15) is 9.90 Å². The van der Waals surface area contributed by atoms with Crippen LogP contribution >= 0.6 is 0 Å². The summed E-state index contributed by atoms with van der Waals surface area (Å²) in [5.74, 6) is -0.534. The molecule has 1 saturated carbocycles. The summed E-state index contributed by atoms with van der Waals surface area (Å²) in [7, 11) is 0. The van der Waals surface area contributed by atoms with Crippen LogP contribution in [0.1, 0.15) is 32.1 Å². The second kappa shape index (κ2) is 4.83. The number of rotatable bonds is 2. The van der Waals surface area contributed by atoms with Gasteiger partial charge in [-0.2, -0.15) is 5.26 Å². The fourth-order valence-corrected chi connectivity index (χ4v) is 1.49. The first-order valence-electron chi connectivity index (χ1n) is 4.48. The average Bonchev–Trinajstić information content (AvgIpc) is 2.09. The van der Waals surface area contributed by atoms with Crippen LogP contribution in [0.25, 0.3) is 0 Å². The number of nitriles is 1. The number of aliphatic hydroxyl groups excluding tert-OH is 1. The van der Waals surface area contributed by atoms with Crippen molar-refractivity contribution in [3.05, 3.63) is 0 Å². The van der Waals surface area contributed by atoms with E-state index in [4.69, 9.17) is 10.00 Å². The maximum absolute atomic E-state index is 10.9. The molecule has 72 valence electrons. The molecule has 0 aromatic rings. The zero-order valence-electron chi connectivity index (χ0n) is 7.40. The van der Waals surface area contributed by atoms with Gasteiger partial charge in [-0.05, 0) is 19.3 Å². The van der Waals surface area contributed by atoms with E-state index in [1.54, 1.807) is 6.07 Å². The van der Waals surface area contributed by atoms with Gasteiger partial charge >= 0.3 is 5.97 Å². The van der Waals surface area contributed by atoms with Crippen LogP contribution in [0.4, 0.5) is 0 Å². The van der Waals surface area contributed by atoms with Crippen molar-refractivity contribution >= 4 is 5.97 Å². The first-order valence-corrected chi connectivity index (χ1v) is 4.48. The number of ether oxygens (including phenoxy) is 1. The molecule has 0 aromatic heterocycles. The quantitative estimate of drug-likeness (QED) is 0.641. The van der Waals surface area contributed by atoms with Crippen molar-refractivity contribution in [3.63, 3.8) is 0 Å². The van der Waals surface area contributed by atoms with Gasteiger partial charge in [0.15, 0.2) is 0 Å². The maximum Gasteiger partial charge on any atom is 0.320 e. The molecule has 0 amide bonds. The highest BCUT2D eigenvalue weighted by Gasteiger charge is 2.26. The summed E-state index contributed by atoms with van der Waals surface area (Å²) >= 11 is 0. The first-order chi connectivity index (χ1) is 6.24. The Morgan fingerprint density at radius 3 is 2.85 bits per heavy atom. The highest BCUT2D eigenvalue weighted by atomic mass is 16.6. The number of esters is 1. The van der Waals surface area contributed by atoms with Gasteiger partial charge in [-0.1, -0.05) is 6.42 Å². The van der Waals surface area contributed by atoms with E-state index in [1.807, 2.05) is 0 Å². The van der Waals surface area contributed by atoms with Gasteiger partial charge in [-0.25, -0.2) is 0 Å². The van der Waals surface area contributed by atoms with Crippen LogP contribution in [0.3, 0.4) is 0 Å². The van der Waals surface area contributed by atoms with Gasteiger partial charge in [-0.3, -0.25) is 4.79 Å². The predicted molar refractivity (Wildman–Crippen MR) is 44.6 cm³/mol. The Hall–Kier alpha value is -1.08. The van der Waals surface area contributed by atoms with Crippen molar-refractivity contribution in [1.29, 1.82) is 5.26 Å². The molecule has 1 aliphatic rings. The van der Waals surface area contributed by atoms with Gasteiger partial charge in [0.05, 0.1) is 12.2 Å². The predicted octanol–water partition coefficient (Wildman–Crippen LogP) is 0.747. The number of carbonyl (C=O) groups excluding carboxylic acids is 1. The Labute approximate surface area is 77.1 Å². The molecular weight excluding hydrogens is 170 g/mol. The summed E-state index contributed by atoms with van der Waals surface area (Å²) in [4.78, 5) is 10.9. The van der Waals surface area contributed by atoms with Crippen LogP contribution in [-0.2, 0) is 9.53 Å². The monoisotopic (exact) mass is 183 g/mol. The van der Waals surface area contributed by atoms with E-state index < -0.39 is 18.2 Å². The number of hydrogen-bond acceptors (Lipinski definition) is 4. The molecule has 0 heterocycles. The van der Waals surface area contributed by atoms with E-state index >= 15 is 0 Å². The van der Waals surface area contributed by atoms with Gasteiger partial charge in [0, 0.05) is 0 Å². The molecule has 13 heavy (non-hydrogen) atoms. The minimum Gasteiger partial charge on any atom is -0.459 e. The van der Waals surface area contributed by atoms with E-state index in [1.165, 1.54) is 0 Å². The summed E-state index contributed by atoms with van der Waals surface area (Å²) in [5, 5.41) is 17.6. The lowest BCUT2D eigenvalue weighted by Gasteiger charge is -2.26. The smallest absolute Gasteiger partial charge is 0.320 e. The number of aliphatic hydroxyl groups is 1. The van der Waals surface area contributed by atoms with E-state index in [0.29, 0.717) is 12.8 Å². The molecular formula is C9H13NO3. The van der Waals surface area contributed by atoms with Crippen molar-refractivity contribution in [2.24, 2.45) is 0 Å². The molecule has 4 nitrogen and oxygen atoms in total. The van der Waals surface area contributed by atoms with Gasteiger partial charge in [-0.15, -0.1) is 0 Å². The molecule has 1 aliphatic carbocycles. The standard InChI is InChI=1S/C9H13NO3/c10-6-5-9(12)13-8-4-2-1-3-7(8)11/h7-8,11H,1-5H2. The Balaban J connectivity index is 2.34. The largest absolute Gasteiger partial charge is 0.459 e. The Kier molecular flexibility index (Phi) is 3.71. The molecule has 2 atom stereocenters. The van der Waals surface area contributed by atoms with Crippen molar-refractivity contribution in [2.45, 2.75) is 44.3 Å². The third-order valence-electron chi connectivity index (χ3n) is 2.17. The van der Waals surface area contributed by atoms with Crippen LogP contribution in [0.15, 0.2) is 0 Å². The summed E-state index contributed by atoms with van der Waals surface area (Å²) in [5.41, 5.74) is 0. The number of carbonyl (C=O) groups is 1. The van der Waals surface area contributed by atoms with Crippen LogP contribution < -0.4 is 0 Å². The normalized spacial score (nSPS) is 27.7. The second-order valence-corrected chi connectivity index (χ2v) is 3.22. The van der Waals surface area contributed by atoms with Crippen molar-refractivity contribution < 1.29 is 14.6 Å². The average molecular weight is 183 g/mol. The molecule has 0 bridgehead atoms. The molecule has 0 spiro atoms. The van der Waals surface area contributed by atoms with Gasteiger partial charge < -0.3 is 9.84 Å². The molecule has 0 aliphatic heterocycles. The fourth-order valence-electron chi connectivity index (χ4n) is 1.49. The molecule has 2 unspecified atom stereocenters. The molecule has 4 heteroatoms. The summed E-state index contributed by atoms with van der Waals surface area (Å²) in [6, 6.07) is 1.72. The zero-order chi connectivity index (χ0) is 9.68. The van der Waals surface area contributed by atoms with E-state index in [2.05, 4.69) is 0 Å². The minimum absolute atomic E-state index is 0.233. The summed E-state index contributed by atoms with van der Waals surface area (Å²) < 4.78 is 4.93. The molecule has 0 radical (unpaired) electrons. The van der Waals surface area contributed by atoms with E-state index in [-0.39, 0.29) is 6.42 Å². The molecule has 1 fully saturated rings. The lowest BCUT2D eigenvalue weighted by molar-refractivity contribution is -0.156. The van der Waals surface area contributed by atoms with Crippen LogP contribution in [-0.4, -0.2) is 23.3 Å². The SMILES string of the molecule is N#CCC(=O)OC1CCCCC1O. The Bertz CT molecular complexity index is 221. The van der Waals surface area contributed by atoms with Gasteiger partial charge in [0.25, 0.3) is 0 Å². The van der Waals surface area contributed by atoms with Crippen LogP contribution in [0.5, 0.6) is 0 Å². The molecule has 0 aromatic carbocycles. The van der Waals surface area contributed by atoms with Crippen LogP contribution in [0, 0.1) is 11.3 Å². The van der Waals surface area contributed by atoms with Crippen molar-refractivity contribution in [3.8, 4) is 6.07 Å². The third-order valence-corrected chi connectivity index (χ3v) is 2.17. The van der Waals surface area contributed by atoms with Gasteiger partial charge in [0.2, 0.25) is 0 Å². The fraction of sp³-hybridized carbons (Fsp3) is 0.778. The first kappa shape index (κ1) is 10.0. The highest BCUT2D eigenvalue weighted by Crippen LogP contribution is 2.21. The lowest BCUT2D eigenvalue weighted by atomic mass is 9.95. The van der Waals surface area contributed by atoms with Crippen molar-refractivity contribution in [2.75, 3.05) is 0 Å². The Morgan fingerprint density at radius 1 is 1.54 bits per heavy atom. The summed E-state index contributed by atoms with van der Waals surface area (Å²) in [6.07, 6.45) is 2.17. The van der Waals surface area contributed by atoms with Gasteiger partial charge in [0.1, 0.15) is 12.5 Å². The lowest BCUT2D eigenvalue weighted by Crippen LogP contribution is -2.33. The molecule has 1 N–H and O–H groups in total. The topological polar surface area (TPSA) is 70.3 Å². The zero-order valence-corrected chi connectivity index (χ0v) is 7.40. The number of hydrogen-bond donors (Lipinski definition) is 1. The number of nitrogens with zero attached hydrogens (tertiary/aromatic N) is 1. The second-order valence-electron chi connectivity index (χ2n) is 3.22. The third kappa shape index (κ3) is 3.03. The maximum atomic E-state index is 10.9.